The number of aliphatic hydroxyl groups is 1. The van der Waals surface area contributed by atoms with E-state index in [2.05, 4.69) is 4.99 Å². The number of carbonyl (C=O) groups is 1. The standard InChI is InChI=1S/C9H17NO2/c1-9(12)5-4-7-10-6-2-3-8-11/h7,11H,2-6,8H2,1H3. The minimum absolute atomic E-state index is 0.205. The summed E-state index contributed by atoms with van der Waals surface area (Å²) in [4.78, 5) is 14.6. The molecule has 0 bridgehead atoms. The molecule has 0 aliphatic heterocycles. The Morgan fingerprint density at radius 1 is 1.50 bits per heavy atom. The average molecular weight is 171 g/mol. The van der Waals surface area contributed by atoms with Crippen molar-refractivity contribution in [2.24, 2.45) is 4.99 Å². The van der Waals surface area contributed by atoms with Crippen molar-refractivity contribution in [2.75, 3.05) is 13.2 Å². The Kier molecular flexibility index (Phi) is 7.91. The summed E-state index contributed by atoms with van der Waals surface area (Å²) < 4.78 is 0. The number of hydrogen-bond acceptors (Lipinski definition) is 3. The predicted octanol–water partition coefficient (Wildman–Crippen LogP) is 1.20. The molecule has 70 valence electrons. The number of ketones is 1. The van der Waals surface area contributed by atoms with Crippen LogP contribution in [0.3, 0.4) is 0 Å². The first-order chi connectivity index (χ1) is 5.77. The molecule has 12 heavy (non-hydrogen) atoms. The van der Waals surface area contributed by atoms with Crippen LogP contribution in [0.15, 0.2) is 4.99 Å². The first-order valence-corrected chi connectivity index (χ1v) is 4.36. The van der Waals surface area contributed by atoms with E-state index in [1.54, 1.807) is 13.1 Å². The van der Waals surface area contributed by atoms with E-state index in [9.17, 15) is 4.79 Å². The van der Waals surface area contributed by atoms with Crippen LogP contribution in [0.1, 0.15) is 32.6 Å². The monoisotopic (exact) mass is 171 g/mol. The Labute approximate surface area is 73.5 Å². The molecule has 0 unspecified atom stereocenters. The molecular weight excluding hydrogens is 154 g/mol. The lowest BCUT2D eigenvalue weighted by Gasteiger charge is -1.91. The maximum absolute atomic E-state index is 10.5. The van der Waals surface area contributed by atoms with Gasteiger partial charge in [-0.15, -0.1) is 0 Å². The number of rotatable bonds is 7. The van der Waals surface area contributed by atoms with Gasteiger partial charge in [-0.05, 0) is 32.4 Å². The molecule has 0 aromatic carbocycles. The van der Waals surface area contributed by atoms with Gasteiger partial charge >= 0.3 is 0 Å². The molecule has 0 saturated heterocycles. The highest BCUT2D eigenvalue weighted by atomic mass is 16.2. The van der Waals surface area contributed by atoms with Crippen molar-refractivity contribution in [3.05, 3.63) is 0 Å². The molecule has 0 radical (unpaired) electrons. The molecule has 0 spiro atoms. The van der Waals surface area contributed by atoms with E-state index in [0.717, 1.165) is 25.8 Å². The van der Waals surface area contributed by atoms with Crippen molar-refractivity contribution in [3.63, 3.8) is 0 Å². The van der Waals surface area contributed by atoms with E-state index in [-0.39, 0.29) is 12.4 Å². The normalized spacial score (nSPS) is 10.8. The van der Waals surface area contributed by atoms with Gasteiger partial charge in [0.2, 0.25) is 0 Å². The summed E-state index contributed by atoms with van der Waals surface area (Å²) in [5.74, 6) is 0.205. The lowest BCUT2D eigenvalue weighted by molar-refractivity contribution is -0.116. The third-order valence-corrected chi connectivity index (χ3v) is 1.45. The fraction of sp³-hybridized carbons (Fsp3) is 0.778. The van der Waals surface area contributed by atoms with Crippen LogP contribution in [-0.4, -0.2) is 30.3 Å². The van der Waals surface area contributed by atoms with Gasteiger partial charge in [-0.1, -0.05) is 0 Å². The van der Waals surface area contributed by atoms with Gasteiger partial charge < -0.3 is 9.90 Å². The minimum Gasteiger partial charge on any atom is -0.396 e. The van der Waals surface area contributed by atoms with E-state index < -0.39 is 0 Å². The Hall–Kier alpha value is -0.700. The predicted molar refractivity (Wildman–Crippen MR) is 49.6 cm³/mol. The molecule has 0 fully saturated rings. The maximum atomic E-state index is 10.5. The summed E-state index contributed by atoms with van der Waals surface area (Å²) in [6, 6.07) is 0. The SMILES string of the molecule is CC(=O)CCC=NCCCCO. The summed E-state index contributed by atoms with van der Waals surface area (Å²) >= 11 is 0. The third-order valence-electron chi connectivity index (χ3n) is 1.45. The van der Waals surface area contributed by atoms with Gasteiger partial charge in [-0.2, -0.15) is 0 Å². The molecule has 0 saturated carbocycles. The van der Waals surface area contributed by atoms with Crippen LogP contribution >= 0.6 is 0 Å². The molecule has 0 heterocycles. The van der Waals surface area contributed by atoms with Crippen LogP contribution in [0.4, 0.5) is 0 Å². The molecule has 3 nitrogen and oxygen atoms in total. The second-order valence-electron chi connectivity index (χ2n) is 2.76. The molecule has 0 amide bonds. The quantitative estimate of drug-likeness (QED) is 0.462. The molecule has 0 rings (SSSR count). The number of unbranched alkanes of at least 4 members (excludes halogenated alkanes) is 1. The zero-order valence-corrected chi connectivity index (χ0v) is 7.62. The number of aliphatic imine (C=N–C) groups is 1. The first kappa shape index (κ1) is 11.3. The molecule has 0 aliphatic carbocycles. The molecular formula is C9H17NO2. The van der Waals surface area contributed by atoms with Gasteiger partial charge in [0.15, 0.2) is 0 Å². The average Bonchev–Trinajstić information content (AvgIpc) is 2.02. The summed E-state index contributed by atoms with van der Waals surface area (Å²) in [5.41, 5.74) is 0. The fourth-order valence-corrected chi connectivity index (χ4v) is 0.765. The van der Waals surface area contributed by atoms with E-state index in [1.807, 2.05) is 0 Å². The van der Waals surface area contributed by atoms with Crippen LogP contribution < -0.4 is 0 Å². The molecule has 3 heteroatoms. The molecule has 0 aromatic rings. The molecule has 1 N–H and O–H groups in total. The lowest BCUT2D eigenvalue weighted by atomic mass is 10.2. The van der Waals surface area contributed by atoms with E-state index >= 15 is 0 Å². The smallest absolute Gasteiger partial charge is 0.130 e. The van der Waals surface area contributed by atoms with Gasteiger partial charge in [0.25, 0.3) is 0 Å². The van der Waals surface area contributed by atoms with Crippen molar-refractivity contribution in [3.8, 4) is 0 Å². The van der Waals surface area contributed by atoms with Crippen LogP contribution in [0, 0.1) is 0 Å². The van der Waals surface area contributed by atoms with Gasteiger partial charge in [-0.3, -0.25) is 4.99 Å². The van der Waals surface area contributed by atoms with E-state index in [4.69, 9.17) is 5.11 Å². The van der Waals surface area contributed by atoms with Gasteiger partial charge in [-0.25, -0.2) is 0 Å². The number of hydrogen-bond donors (Lipinski definition) is 1. The highest BCUT2D eigenvalue weighted by Gasteiger charge is 1.88. The van der Waals surface area contributed by atoms with Gasteiger partial charge in [0.1, 0.15) is 5.78 Å². The summed E-state index contributed by atoms with van der Waals surface area (Å²) in [7, 11) is 0. The van der Waals surface area contributed by atoms with Crippen LogP contribution in [0.25, 0.3) is 0 Å². The molecule has 0 atom stereocenters. The second-order valence-corrected chi connectivity index (χ2v) is 2.76. The topological polar surface area (TPSA) is 49.7 Å². The van der Waals surface area contributed by atoms with Crippen LogP contribution in [-0.2, 0) is 4.79 Å². The van der Waals surface area contributed by atoms with Crippen molar-refractivity contribution < 1.29 is 9.90 Å². The third kappa shape index (κ3) is 9.30. The lowest BCUT2D eigenvalue weighted by Crippen LogP contribution is -1.91. The Morgan fingerprint density at radius 2 is 2.25 bits per heavy atom. The highest BCUT2D eigenvalue weighted by molar-refractivity contribution is 5.78. The summed E-state index contributed by atoms with van der Waals surface area (Å²) in [5, 5.41) is 8.45. The van der Waals surface area contributed by atoms with Crippen molar-refractivity contribution in [2.45, 2.75) is 32.6 Å². The van der Waals surface area contributed by atoms with Crippen molar-refractivity contribution in [1.29, 1.82) is 0 Å². The first-order valence-electron chi connectivity index (χ1n) is 4.36. The highest BCUT2D eigenvalue weighted by Crippen LogP contribution is 1.89. The fourth-order valence-electron chi connectivity index (χ4n) is 0.765. The van der Waals surface area contributed by atoms with Crippen LogP contribution in [0.5, 0.6) is 0 Å². The number of aliphatic hydroxyl groups excluding tert-OH is 1. The summed E-state index contributed by atoms with van der Waals surface area (Å²) in [6.45, 7) is 2.58. The van der Waals surface area contributed by atoms with Crippen molar-refractivity contribution in [1.82, 2.24) is 0 Å². The van der Waals surface area contributed by atoms with E-state index in [0.29, 0.717) is 6.42 Å². The van der Waals surface area contributed by atoms with Crippen molar-refractivity contribution >= 4 is 12.0 Å². The summed E-state index contributed by atoms with van der Waals surface area (Å²) in [6.07, 6.45) is 4.86. The largest absolute Gasteiger partial charge is 0.396 e. The zero-order valence-electron chi connectivity index (χ0n) is 7.62. The number of carbonyl (C=O) groups excluding carboxylic acids is 1. The molecule has 0 aliphatic rings. The second kappa shape index (κ2) is 8.40. The molecule has 0 aromatic heterocycles. The maximum Gasteiger partial charge on any atom is 0.130 e. The Bertz CT molecular complexity index is 143. The Balaban J connectivity index is 3.09. The van der Waals surface area contributed by atoms with Gasteiger partial charge in [0, 0.05) is 19.6 Å². The van der Waals surface area contributed by atoms with E-state index in [1.165, 1.54) is 0 Å². The Morgan fingerprint density at radius 3 is 2.83 bits per heavy atom. The van der Waals surface area contributed by atoms with Crippen LogP contribution in [0.2, 0.25) is 0 Å². The van der Waals surface area contributed by atoms with Gasteiger partial charge in [0.05, 0.1) is 0 Å². The number of nitrogens with zero attached hydrogens (tertiary/aromatic N) is 1. The zero-order chi connectivity index (χ0) is 9.23. The number of Topliss-reactive ketones (excluding diaryl/α,β-unsaturated/α-hetero) is 1. The minimum atomic E-state index is 0.205.